The maximum absolute atomic E-state index is 11.6. The summed E-state index contributed by atoms with van der Waals surface area (Å²) in [6, 6.07) is 44.6. The highest BCUT2D eigenvalue weighted by Crippen LogP contribution is 2.43. The van der Waals surface area contributed by atoms with Gasteiger partial charge >= 0.3 is 0 Å². The number of aromatic nitrogens is 2. The third kappa shape index (κ3) is 6.46. The second-order valence-electron chi connectivity index (χ2n) is 20.3. The lowest BCUT2D eigenvalue weighted by Crippen LogP contribution is -2.12. The Balaban J connectivity index is 1.61. The molecule has 0 spiro atoms. The van der Waals surface area contributed by atoms with Crippen LogP contribution in [-0.2, 0) is 21.7 Å². The molecule has 4 nitrogen and oxygen atoms in total. The van der Waals surface area contributed by atoms with Gasteiger partial charge in [-0.05, 0) is 104 Å². The van der Waals surface area contributed by atoms with Gasteiger partial charge in [-0.15, -0.1) is 0 Å². The Morgan fingerprint density at radius 3 is 1.02 bits per heavy atom. The van der Waals surface area contributed by atoms with Crippen molar-refractivity contribution in [2.45, 2.75) is 105 Å². The average Bonchev–Trinajstić information content (AvgIpc) is 3.67. The Bertz CT molecular complexity index is 2740. The van der Waals surface area contributed by atoms with E-state index in [1.807, 2.05) is 18.2 Å². The van der Waals surface area contributed by atoms with E-state index in [1.54, 1.807) is 0 Å². The largest absolute Gasteiger partial charge is 0.308 e. The van der Waals surface area contributed by atoms with Gasteiger partial charge in [0.05, 0.1) is 45.1 Å². The lowest BCUT2D eigenvalue weighted by Gasteiger charge is -2.23. The number of nitrogens with zero attached hydrogens (tertiary/aromatic N) is 4. The van der Waals surface area contributed by atoms with Crippen molar-refractivity contribution >= 4 is 43.6 Å². The van der Waals surface area contributed by atoms with Gasteiger partial charge in [-0.2, -0.15) is 10.5 Å². The van der Waals surface area contributed by atoms with E-state index in [9.17, 15) is 10.5 Å². The number of fused-ring (bicyclic) bond motifs is 6. The molecular formula is C54H54N4. The minimum atomic E-state index is -0.0899. The van der Waals surface area contributed by atoms with Crippen LogP contribution in [0.15, 0.2) is 109 Å². The highest BCUT2D eigenvalue weighted by molar-refractivity contribution is 6.12. The minimum absolute atomic E-state index is 0.0899. The van der Waals surface area contributed by atoms with Crippen molar-refractivity contribution in [1.29, 1.82) is 10.5 Å². The molecule has 0 amide bonds. The van der Waals surface area contributed by atoms with Crippen molar-refractivity contribution in [3.8, 4) is 34.6 Å². The summed E-state index contributed by atoms with van der Waals surface area (Å²) in [6.07, 6.45) is 0. The third-order valence-electron chi connectivity index (χ3n) is 12.0. The molecule has 0 unspecified atom stereocenters. The quantitative estimate of drug-likeness (QED) is 0.180. The maximum Gasteiger partial charge on any atom is 0.104 e. The summed E-state index contributed by atoms with van der Waals surface area (Å²) in [4.78, 5) is 0. The first kappa shape index (κ1) is 38.8. The zero-order valence-corrected chi connectivity index (χ0v) is 36.2. The Kier molecular flexibility index (Phi) is 8.84. The fraction of sp³-hybridized carbons (Fsp3) is 0.296. The molecule has 8 aromatic rings. The number of benzene rings is 6. The van der Waals surface area contributed by atoms with Crippen LogP contribution in [0.3, 0.4) is 0 Å². The summed E-state index contributed by atoms with van der Waals surface area (Å²) in [5, 5.41) is 26.3. The fourth-order valence-electron chi connectivity index (χ4n) is 8.44. The van der Waals surface area contributed by atoms with Crippen LogP contribution in [0.4, 0.5) is 0 Å². The lowest BCUT2D eigenvalue weighted by atomic mass is 9.86. The van der Waals surface area contributed by atoms with Gasteiger partial charge in [-0.25, -0.2) is 0 Å². The van der Waals surface area contributed by atoms with E-state index < -0.39 is 0 Å². The molecule has 2 aromatic heterocycles. The van der Waals surface area contributed by atoms with Crippen LogP contribution in [0.25, 0.3) is 66.1 Å². The van der Waals surface area contributed by atoms with Gasteiger partial charge in [0.25, 0.3) is 0 Å². The highest BCUT2D eigenvalue weighted by Gasteiger charge is 2.27. The van der Waals surface area contributed by atoms with Crippen molar-refractivity contribution in [3.05, 3.63) is 143 Å². The lowest BCUT2D eigenvalue weighted by molar-refractivity contribution is 0.590. The molecule has 0 saturated heterocycles. The van der Waals surface area contributed by atoms with E-state index in [0.717, 1.165) is 66.1 Å². The molecule has 0 fully saturated rings. The fourth-order valence-corrected chi connectivity index (χ4v) is 8.44. The summed E-state index contributed by atoms with van der Waals surface area (Å²) < 4.78 is 4.67. The predicted molar refractivity (Wildman–Crippen MR) is 245 cm³/mol. The van der Waals surface area contributed by atoms with Crippen molar-refractivity contribution in [2.75, 3.05) is 0 Å². The van der Waals surface area contributed by atoms with E-state index in [0.29, 0.717) is 11.1 Å². The molecular weight excluding hydrogens is 705 g/mol. The van der Waals surface area contributed by atoms with Crippen LogP contribution in [-0.4, -0.2) is 9.13 Å². The van der Waals surface area contributed by atoms with Crippen LogP contribution in [0, 0.1) is 22.7 Å². The molecule has 0 atom stereocenters. The van der Waals surface area contributed by atoms with Gasteiger partial charge in [0.2, 0.25) is 0 Å². The van der Waals surface area contributed by atoms with E-state index in [2.05, 4.69) is 195 Å². The van der Waals surface area contributed by atoms with Crippen molar-refractivity contribution in [1.82, 2.24) is 9.13 Å². The average molecular weight is 759 g/mol. The molecule has 8 rings (SSSR count). The second-order valence-corrected chi connectivity index (χ2v) is 20.3. The van der Waals surface area contributed by atoms with Gasteiger partial charge in [0, 0.05) is 21.5 Å². The number of nitriles is 2. The smallest absolute Gasteiger partial charge is 0.104 e. The standard InChI is InChI=1S/C54H54N4/c1-51(2,3)36-16-20-40-41-21-17-37(52(4,5)6)28-48(41)57(47(40)27-36)45-25-35(34-15-13-14-33(24-34)31-55)26-46(44(45)32-56)58-49-29-38(53(7,8)9)18-22-42(49)43-23-19-39(30-50(43)58)54(10,11)12/h13-30H,1-12H3. The Morgan fingerprint density at radius 1 is 0.379 bits per heavy atom. The normalized spacial score (nSPS) is 12.8. The van der Waals surface area contributed by atoms with Crippen LogP contribution < -0.4 is 0 Å². The molecule has 0 N–H and O–H groups in total. The molecule has 58 heavy (non-hydrogen) atoms. The molecule has 2 heterocycles. The molecule has 6 aromatic carbocycles. The number of hydrogen-bond acceptors (Lipinski definition) is 2. The Morgan fingerprint density at radius 2 is 0.724 bits per heavy atom. The van der Waals surface area contributed by atoms with Gasteiger partial charge < -0.3 is 9.13 Å². The minimum Gasteiger partial charge on any atom is -0.308 e. The zero-order valence-electron chi connectivity index (χ0n) is 36.2. The van der Waals surface area contributed by atoms with Crippen LogP contribution >= 0.6 is 0 Å². The summed E-state index contributed by atoms with van der Waals surface area (Å²) in [5.41, 5.74) is 13.4. The van der Waals surface area contributed by atoms with Gasteiger partial charge in [0.1, 0.15) is 11.6 Å². The van der Waals surface area contributed by atoms with E-state index in [4.69, 9.17) is 0 Å². The second kappa shape index (κ2) is 13.2. The molecule has 0 aliphatic carbocycles. The van der Waals surface area contributed by atoms with Crippen LogP contribution in [0.1, 0.15) is 116 Å². The van der Waals surface area contributed by atoms with Gasteiger partial charge in [0.15, 0.2) is 0 Å². The van der Waals surface area contributed by atoms with Crippen LogP contribution in [0.2, 0.25) is 0 Å². The summed E-state index contributed by atoms with van der Waals surface area (Å²) in [7, 11) is 0. The topological polar surface area (TPSA) is 57.4 Å². The van der Waals surface area contributed by atoms with E-state index >= 15 is 0 Å². The van der Waals surface area contributed by atoms with E-state index in [-0.39, 0.29) is 21.7 Å². The SMILES string of the molecule is CC(C)(C)c1ccc2c3ccc(C(C)(C)C)cc3n(-c3cc(-c4cccc(C#N)c4)cc(-n4c5cc(C(C)(C)C)ccc5c5ccc(C(C)(C)C)cc54)c3C#N)c2c1. The van der Waals surface area contributed by atoms with Gasteiger partial charge in [-0.3, -0.25) is 0 Å². The number of hydrogen-bond donors (Lipinski definition) is 0. The first-order valence-corrected chi connectivity index (χ1v) is 20.5. The zero-order chi connectivity index (χ0) is 41.7. The molecule has 0 bridgehead atoms. The molecule has 0 aliphatic rings. The van der Waals surface area contributed by atoms with Crippen molar-refractivity contribution in [3.63, 3.8) is 0 Å². The third-order valence-corrected chi connectivity index (χ3v) is 12.0. The summed E-state index contributed by atoms with van der Waals surface area (Å²) in [6.45, 7) is 27.0. The predicted octanol–water partition coefficient (Wildman–Crippen LogP) is 14.5. The first-order chi connectivity index (χ1) is 27.2. The summed E-state index contributed by atoms with van der Waals surface area (Å²) in [5.74, 6) is 0. The Hall–Kier alpha value is -6.10. The first-order valence-electron chi connectivity index (χ1n) is 20.5. The number of rotatable bonds is 3. The van der Waals surface area contributed by atoms with Crippen molar-refractivity contribution < 1.29 is 0 Å². The van der Waals surface area contributed by atoms with Gasteiger partial charge in [-0.1, -0.05) is 144 Å². The van der Waals surface area contributed by atoms with E-state index in [1.165, 1.54) is 22.3 Å². The molecule has 0 aliphatic heterocycles. The molecule has 0 radical (unpaired) electrons. The maximum atomic E-state index is 11.6. The molecule has 4 heteroatoms. The monoisotopic (exact) mass is 758 g/mol. The molecule has 290 valence electrons. The Labute approximate surface area is 344 Å². The highest BCUT2D eigenvalue weighted by atomic mass is 15.0. The van der Waals surface area contributed by atoms with Crippen molar-refractivity contribution in [2.24, 2.45) is 0 Å². The van der Waals surface area contributed by atoms with Crippen LogP contribution in [0.5, 0.6) is 0 Å². The molecule has 0 saturated carbocycles. The summed E-state index contributed by atoms with van der Waals surface area (Å²) >= 11 is 0.